The van der Waals surface area contributed by atoms with Crippen LogP contribution < -0.4 is 10.6 Å². The molecular formula is C16H17N3O3. The van der Waals surface area contributed by atoms with Gasteiger partial charge < -0.3 is 15.1 Å². The Morgan fingerprint density at radius 2 is 1.86 bits per heavy atom. The Morgan fingerprint density at radius 3 is 2.50 bits per heavy atom. The lowest BCUT2D eigenvalue weighted by Crippen LogP contribution is -2.29. The molecule has 1 aliphatic rings. The first kappa shape index (κ1) is 14.3. The highest BCUT2D eigenvalue weighted by Crippen LogP contribution is 2.38. The Balaban J connectivity index is 1.41. The number of carbonyl (C=O) groups is 2. The van der Waals surface area contributed by atoms with Crippen LogP contribution in [-0.4, -0.2) is 16.8 Å². The summed E-state index contributed by atoms with van der Waals surface area (Å²) < 4.78 is 5.14. The number of amides is 2. The number of nitrogens with one attached hydrogen (secondary N) is 2. The Morgan fingerprint density at radius 1 is 1.09 bits per heavy atom. The van der Waals surface area contributed by atoms with E-state index in [4.69, 9.17) is 4.42 Å². The first-order valence-electron chi connectivity index (χ1n) is 7.22. The lowest BCUT2D eigenvalue weighted by atomic mass is 10.2. The maximum atomic E-state index is 12.0. The van der Waals surface area contributed by atoms with Crippen molar-refractivity contribution in [2.45, 2.75) is 19.5 Å². The van der Waals surface area contributed by atoms with Crippen molar-refractivity contribution >= 4 is 11.8 Å². The molecule has 0 bridgehead atoms. The highest BCUT2D eigenvalue weighted by Gasteiger charge is 2.47. The number of furan rings is 1. The summed E-state index contributed by atoms with van der Waals surface area (Å²) in [6, 6.07) is 9.11. The molecule has 1 aliphatic carbocycles. The van der Waals surface area contributed by atoms with Gasteiger partial charge in [-0.25, -0.2) is 0 Å². The van der Waals surface area contributed by atoms with E-state index in [1.54, 1.807) is 24.6 Å². The van der Waals surface area contributed by atoms with Crippen LogP contribution in [0.2, 0.25) is 0 Å². The van der Waals surface area contributed by atoms with Gasteiger partial charge >= 0.3 is 0 Å². The summed E-state index contributed by atoms with van der Waals surface area (Å²) in [4.78, 5) is 28.1. The van der Waals surface area contributed by atoms with Crippen LogP contribution in [0.15, 0.2) is 47.2 Å². The minimum atomic E-state index is -0.237. The Hall–Kier alpha value is -2.63. The molecule has 1 fully saturated rings. The molecule has 2 atom stereocenters. The number of aromatic nitrogens is 1. The van der Waals surface area contributed by atoms with Crippen LogP contribution >= 0.6 is 0 Å². The second-order valence-electron chi connectivity index (χ2n) is 5.28. The molecule has 2 N–H and O–H groups in total. The third-order valence-electron chi connectivity index (χ3n) is 3.65. The Bertz CT molecular complexity index is 640. The molecule has 2 aromatic heterocycles. The molecule has 0 radical (unpaired) electrons. The standard InChI is InChI=1S/C16H17N3O3/c20-15(18-9-11-4-1-2-6-17-11)13-8-14(13)16(21)19-10-12-5-3-7-22-12/h1-7,13-14H,8-10H2,(H,18,20)(H,19,21). The lowest BCUT2D eigenvalue weighted by molar-refractivity contribution is -0.127. The Kier molecular flexibility index (Phi) is 4.18. The molecule has 3 rings (SSSR count). The van der Waals surface area contributed by atoms with E-state index in [9.17, 15) is 9.59 Å². The molecule has 2 unspecified atom stereocenters. The van der Waals surface area contributed by atoms with Crippen LogP contribution in [0.4, 0.5) is 0 Å². The fraction of sp³-hybridized carbons (Fsp3) is 0.312. The zero-order valence-corrected chi connectivity index (χ0v) is 12.0. The number of rotatable bonds is 6. The minimum Gasteiger partial charge on any atom is -0.467 e. The minimum absolute atomic E-state index is 0.0937. The summed E-state index contributed by atoms with van der Waals surface area (Å²) in [5.41, 5.74) is 0.801. The third-order valence-corrected chi connectivity index (χ3v) is 3.65. The van der Waals surface area contributed by atoms with Crippen LogP contribution in [-0.2, 0) is 22.7 Å². The van der Waals surface area contributed by atoms with Crippen molar-refractivity contribution in [3.8, 4) is 0 Å². The van der Waals surface area contributed by atoms with Crippen LogP contribution in [0.5, 0.6) is 0 Å². The van der Waals surface area contributed by atoms with E-state index < -0.39 is 0 Å². The normalized spacial score (nSPS) is 19.5. The predicted molar refractivity (Wildman–Crippen MR) is 78.2 cm³/mol. The maximum absolute atomic E-state index is 12.0. The first-order chi connectivity index (χ1) is 10.7. The van der Waals surface area contributed by atoms with Gasteiger partial charge in [0.1, 0.15) is 5.76 Å². The molecule has 114 valence electrons. The van der Waals surface area contributed by atoms with E-state index in [0.29, 0.717) is 25.3 Å². The molecular weight excluding hydrogens is 282 g/mol. The van der Waals surface area contributed by atoms with Gasteiger partial charge in [0.25, 0.3) is 0 Å². The maximum Gasteiger partial charge on any atom is 0.224 e. The van der Waals surface area contributed by atoms with E-state index in [-0.39, 0.29) is 23.7 Å². The molecule has 2 heterocycles. The van der Waals surface area contributed by atoms with Gasteiger partial charge in [-0.1, -0.05) is 6.07 Å². The number of carbonyl (C=O) groups excluding carboxylic acids is 2. The average Bonchev–Trinajstić information content (AvgIpc) is 3.19. The fourth-order valence-electron chi connectivity index (χ4n) is 2.30. The van der Waals surface area contributed by atoms with Gasteiger partial charge in [-0.3, -0.25) is 14.6 Å². The third kappa shape index (κ3) is 3.52. The topological polar surface area (TPSA) is 84.2 Å². The van der Waals surface area contributed by atoms with Crippen LogP contribution in [0, 0.1) is 11.8 Å². The predicted octanol–water partition coefficient (Wildman–Crippen LogP) is 1.24. The monoisotopic (exact) mass is 299 g/mol. The highest BCUT2D eigenvalue weighted by molar-refractivity contribution is 5.92. The van der Waals surface area contributed by atoms with Crippen LogP contribution in [0.3, 0.4) is 0 Å². The van der Waals surface area contributed by atoms with Crippen molar-refractivity contribution in [2.24, 2.45) is 11.8 Å². The lowest BCUT2D eigenvalue weighted by Gasteiger charge is -2.05. The van der Waals surface area contributed by atoms with Crippen molar-refractivity contribution in [1.29, 1.82) is 0 Å². The van der Waals surface area contributed by atoms with Gasteiger partial charge in [-0.2, -0.15) is 0 Å². The van der Waals surface area contributed by atoms with Gasteiger partial charge in [0, 0.05) is 6.20 Å². The van der Waals surface area contributed by atoms with Gasteiger partial charge in [-0.05, 0) is 30.7 Å². The summed E-state index contributed by atoms with van der Waals surface area (Å²) in [7, 11) is 0. The second kappa shape index (κ2) is 6.43. The molecule has 0 aliphatic heterocycles. The molecule has 2 aromatic rings. The van der Waals surface area contributed by atoms with E-state index in [1.807, 2.05) is 18.2 Å². The molecule has 0 aromatic carbocycles. The summed E-state index contributed by atoms with van der Waals surface area (Å²) >= 11 is 0. The van der Waals surface area contributed by atoms with Crippen LogP contribution in [0.1, 0.15) is 17.9 Å². The zero-order chi connectivity index (χ0) is 15.4. The van der Waals surface area contributed by atoms with Crippen molar-refractivity contribution in [3.05, 3.63) is 54.2 Å². The molecule has 0 saturated heterocycles. The van der Waals surface area contributed by atoms with Gasteiger partial charge in [0.2, 0.25) is 11.8 Å². The van der Waals surface area contributed by atoms with E-state index in [1.165, 1.54) is 0 Å². The molecule has 6 nitrogen and oxygen atoms in total. The largest absolute Gasteiger partial charge is 0.467 e. The Labute approximate surface area is 127 Å². The average molecular weight is 299 g/mol. The molecule has 2 amide bonds. The molecule has 22 heavy (non-hydrogen) atoms. The first-order valence-corrected chi connectivity index (χ1v) is 7.22. The van der Waals surface area contributed by atoms with E-state index in [2.05, 4.69) is 15.6 Å². The van der Waals surface area contributed by atoms with Crippen molar-refractivity contribution in [1.82, 2.24) is 15.6 Å². The molecule has 1 saturated carbocycles. The zero-order valence-electron chi connectivity index (χ0n) is 12.0. The van der Waals surface area contributed by atoms with Gasteiger partial charge in [0.05, 0.1) is 36.9 Å². The van der Waals surface area contributed by atoms with Gasteiger partial charge in [0.15, 0.2) is 0 Å². The smallest absolute Gasteiger partial charge is 0.224 e. The molecule has 6 heteroatoms. The molecule has 0 spiro atoms. The number of hydrogen-bond donors (Lipinski definition) is 2. The highest BCUT2D eigenvalue weighted by atomic mass is 16.3. The summed E-state index contributed by atoms with van der Waals surface area (Å²) in [6.45, 7) is 0.738. The van der Waals surface area contributed by atoms with E-state index >= 15 is 0 Å². The summed E-state index contributed by atoms with van der Waals surface area (Å²) in [6.07, 6.45) is 3.84. The quantitative estimate of drug-likeness (QED) is 0.840. The van der Waals surface area contributed by atoms with Crippen LogP contribution in [0.25, 0.3) is 0 Å². The summed E-state index contributed by atoms with van der Waals surface area (Å²) in [5, 5.41) is 5.60. The van der Waals surface area contributed by atoms with E-state index in [0.717, 1.165) is 5.69 Å². The SMILES string of the molecule is O=C(NCc1ccccn1)C1CC1C(=O)NCc1ccco1. The van der Waals surface area contributed by atoms with Crippen molar-refractivity contribution in [3.63, 3.8) is 0 Å². The number of hydrogen-bond acceptors (Lipinski definition) is 4. The second-order valence-corrected chi connectivity index (χ2v) is 5.28. The number of pyridine rings is 1. The number of nitrogens with zero attached hydrogens (tertiary/aromatic N) is 1. The van der Waals surface area contributed by atoms with Crippen molar-refractivity contribution in [2.75, 3.05) is 0 Å². The fourth-order valence-corrected chi connectivity index (χ4v) is 2.30. The van der Waals surface area contributed by atoms with Gasteiger partial charge in [-0.15, -0.1) is 0 Å². The van der Waals surface area contributed by atoms with Crippen molar-refractivity contribution < 1.29 is 14.0 Å². The summed E-state index contributed by atoms with van der Waals surface area (Å²) in [5.74, 6) is 0.0300.